The Hall–Kier alpha value is -3.63. The van der Waals surface area contributed by atoms with Crippen LogP contribution in [0.2, 0.25) is 0 Å². The number of fused-ring (bicyclic) bond motifs is 1. The maximum Gasteiger partial charge on any atom is 0.258 e. The van der Waals surface area contributed by atoms with Crippen molar-refractivity contribution in [2.45, 2.75) is 0 Å². The number of nitrogens with one attached hydrogen (secondary N) is 1. The van der Waals surface area contributed by atoms with E-state index in [1.54, 1.807) is 6.20 Å². The Morgan fingerprint density at radius 3 is 2.53 bits per heavy atom. The van der Waals surface area contributed by atoms with Crippen LogP contribution in [-0.4, -0.2) is 76.2 Å². The number of nitrogens with zero attached hydrogens (tertiary/aromatic N) is 5. The summed E-state index contributed by atoms with van der Waals surface area (Å²) in [6, 6.07) is 10.9. The third-order valence-electron chi connectivity index (χ3n) is 6.03. The number of hydrogen-bond acceptors (Lipinski definition) is 6. The number of hydrogen-bond donors (Lipinski definition) is 1. The van der Waals surface area contributed by atoms with Crippen LogP contribution in [0, 0.1) is 11.6 Å². The highest BCUT2D eigenvalue weighted by Crippen LogP contribution is 2.22. The average Bonchev–Trinajstić information content (AvgIpc) is 3.32. The summed E-state index contributed by atoms with van der Waals surface area (Å²) in [7, 11) is 2.14. The van der Waals surface area contributed by atoms with Gasteiger partial charge in [0.2, 0.25) is 0 Å². The summed E-state index contributed by atoms with van der Waals surface area (Å²) >= 11 is 0. The molecule has 0 amide bonds. The monoisotopic (exact) mass is 466 g/mol. The van der Waals surface area contributed by atoms with E-state index < -0.39 is 17.2 Å². The van der Waals surface area contributed by atoms with Crippen molar-refractivity contribution in [3.8, 4) is 22.7 Å². The van der Waals surface area contributed by atoms with E-state index in [0.717, 1.165) is 56.3 Å². The van der Waals surface area contributed by atoms with E-state index in [9.17, 15) is 13.6 Å². The Bertz CT molecular complexity index is 1360. The van der Waals surface area contributed by atoms with Gasteiger partial charge < -0.3 is 14.6 Å². The quantitative estimate of drug-likeness (QED) is 0.471. The van der Waals surface area contributed by atoms with Crippen LogP contribution in [0.25, 0.3) is 27.8 Å². The lowest BCUT2D eigenvalue weighted by molar-refractivity contribution is 0.134. The Labute approximate surface area is 194 Å². The summed E-state index contributed by atoms with van der Waals surface area (Å²) in [5.74, 6) is -1.24. The normalized spacial score (nSPS) is 15.1. The summed E-state index contributed by atoms with van der Waals surface area (Å²) < 4.78 is 34.5. The molecule has 176 valence electrons. The molecule has 0 saturated carbocycles. The largest absolute Gasteiger partial charge is 0.492 e. The topological polar surface area (TPSA) is 79.3 Å². The van der Waals surface area contributed by atoms with Gasteiger partial charge in [-0.3, -0.25) is 9.69 Å². The minimum absolute atomic E-state index is 0.211. The van der Waals surface area contributed by atoms with Gasteiger partial charge in [-0.2, -0.15) is 0 Å². The van der Waals surface area contributed by atoms with Gasteiger partial charge in [0.05, 0.1) is 23.0 Å². The van der Waals surface area contributed by atoms with E-state index in [-0.39, 0.29) is 11.1 Å². The van der Waals surface area contributed by atoms with Gasteiger partial charge in [-0.05, 0) is 43.4 Å². The third kappa shape index (κ3) is 4.68. The molecule has 4 aromatic rings. The predicted molar refractivity (Wildman–Crippen MR) is 124 cm³/mol. The Balaban J connectivity index is 1.27. The van der Waals surface area contributed by atoms with E-state index in [0.29, 0.717) is 17.7 Å². The first-order valence-electron chi connectivity index (χ1n) is 11.1. The number of ether oxygens (including phenoxy) is 1. The summed E-state index contributed by atoms with van der Waals surface area (Å²) in [6.45, 7) is 5.77. The predicted octanol–water partition coefficient (Wildman–Crippen LogP) is 2.68. The van der Waals surface area contributed by atoms with Crippen molar-refractivity contribution < 1.29 is 13.5 Å². The van der Waals surface area contributed by atoms with Gasteiger partial charge in [-0.25, -0.2) is 13.5 Å². The minimum atomic E-state index is -1.02. The summed E-state index contributed by atoms with van der Waals surface area (Å²) in [5.41, 5.74) is 1.03. The van der Waals surface area contributed by atoms with Crippen molar-refractivity contribution >= 4 is 10.9 Å². The Morgan fingerprint density at radius 2 is 1.76 bits per heavy atom. The van der Waals surface area contributed by atoms with Crippen molar-refractivity contribution in [2.24, 2.45) is 0 Å². The van der Waals surface area contributed by atoms with Crippen LogP contribution in [0.5, 0.6) is 5.75 Å². The molecule has 2 aromatic heterocycles. The molecule has 1 fully saturated rings. The van der Waals surface area contributed by atoms with Crippen molar-refractivity contribution in [2.75, 3.05) is 46.4 Å². The number of aromatic amines is 1. The summed E-state index contributed by atoms with van der Waals surface area (Å²) in [6.07, 6.45) is 1.61. The van der Waals surface area contributed by atoms with Gasteiger partial charge in [-0.1, -0.05) is 5.21 Å². The second kappa shape index (κ2) is 9.32. The van der Waals surface area contributed by atoms with Crippen LogP contribution in [0.15, 0.2) is 53.5 Å². The molecule has 0 atom stereocenters. The zero-order chi connectivity index (χ0) is 23.7. The first-order chi connectivity index (χ1) is 16.5. The van der Waals surface area contributed by atoms with E-state index in [1.165, 1.54) is 10.7 Å². The summed E-state index contributed by atoms with van der Waals surface area (Å²) in [4.78, 5) is 19.8. The maximum absolute atomic E-state index is 13.6. The number of aromatic nitrogens is 4. The van der Waals surface area contributed by atoms with Crippen LogP contribution in [0.4, 0.5) is 8.78 Å². The van der Waals surface area contributed by atoms with Gasteiger partial charge in [0, 0.05) is 44.2 Å². The summed E-state index contributed by atoms with van der Waals surface area (Å²) in [5, 5.41) is 8.55. The fraction of sp³-hybridized carbons (Fsp3) is 0.292. The first kappa shape index (κ1) is 22.2. The highest BCUT2D eigenvalue weighted by molar-refractivity contribution is 5.82. The molecule has 1 saturated heterocycles. The number of rotatable bonds is 6. The molecule has 0 unspecified atom stereocenters. The van der Waals surface area contributed by atoms with Crippen molar-refractivity contribution in [1.29, 1.82) is 0 Å². The third-order valence-corrected chi connectivity index (χ3v) is 6.03. The van der Waals surface area contributed by atoms with Gasteiger partial charge >= 0.3 is 0 Å². The van der Waals surface area contributed by atoms with Crippen LogP contribution >= 0.6 is 0 Å². The number of benzene rings is 2. The molecule has 3 heterocycles. The molecule has 5 rings (SSSR count). The molecule has 0 radical (unpaired) electrons. The standard InChI is InChI=1S/C24H24F2N6O2/c1-30-6-8-31(9-7-30)10-11-34-18-4-2-17(3-5-18)32-15-23(28-29-32)19-12-16-13-20(25)21(26)14-22(16)27-24(19)33/h2-5,12-15H,6-11H2,1H3,(H,27,33). The van der Waals surface area contributed by atoms with Gasteiger partial charge in [0.25, 0.3) is 5.56 Å². The molecular weight excluding hydrogens is 442 g/mol. The maximum atomic E-state index is 13.6. The van der Waals surface area contributed by atoms with Gasteiger partial charge in [0.15, 0.2) is 11.6 Å². The van der Waals surface area contributed by atoms with Crippen molar-refractivity contribution in [3.05, 3.63) is 70.6 Å². The lowest BCUT2D eigenvalue weighted by atomic mass is 10.1. The number of piperazine rings is 1. The highest BCUT2D eigenvalue weighted by Gasteiger charge is 2.14. The molecule has 1 aliphatic heterocycles. The zero-order valence-corrected chi connectivity index (χ0v) is 18.7. The van der Waals surface area contributed by atoms with E-state index in [1.807, 2.05) is 24.3 Å². The molecule has 1 aliphatic rings. The van der Waals surface area contributed by atoms with Crippen molar-refractivity contribution in [1.82, 2.24) is 29.8 Å². The molecule has 0 aliphatic carbocycles. The lowest BCUT2D eigenvalue weighted by Crippen LogP contribution is -2.45. The minimum Gasteiger partial charge on any atom is -0.492 e. The van der Waals surface area contributed by atoms with Gasteiger partial charge in [-0.15, -0.1) is 5.10 Å². The van der Waals surface area contributed by atoms with Crippen LogP contribution in [-0.2, 0) is 0 Å². The average molecular weight is 466 g/mol. The molecule has 1 N–H and O–H groups in total. The molecular formula is C24H24F2N6O2. The second-order valence-corrected chi connectivity index (χ2v) is 8.40. The van der Waals surface area contributed by atoms with E-state index in [2.05, 4.69) is 32.1 Å². The number of pyridine rings is 1. The second-order valence-electron chi connectivity index (χ2n) is 8.40. The van der Waals surface area contributed by atoms with Gasteiger partial charge in [0.1, 0.15) is 18.1 Å². The molecule has 2 aromatic carbocycles. The Kier molecular flexibility index (Phi) is 6.08. The zero-order valence-electron chi connectivity index (χ0n) is 18.7. The molecule has 10 heteroatoms. The molecule has 0 bridgehead atoms. The SMILES string of the molecule is CN1CCN(CCOc2ccc(-n3cc(-c4cc5cc(F)c(F)cc5[nH]c4=O)nn3)cc2)CC1. The number of H-pyrrole nitrogens is 1. The van der Waals surface area contributed by atoms with Crippen LogP contribution in [0.1, 0.15) is 0 Å². The first-order valence-corrected chi connectivity index (χ1v) is 11.1. The number of likely N-dealkylation sites (N-methyl/N-ethyl adjacent to an activating group) is 1. The molecule has 34 heavy (non-hydrogen) atoms. The fourth-order valence-corrected chi connectivity index (χ4v) is 3.96. The van der Waals surface area contributed by atoms with E-state index in [4.69, 9.17) is 4.74 Å². The molecule has 8 nitrogen and oxygen atoms in total. The van der Waals surface area contributed by atoms with Crippen LogP contribution in [0.3, 0.4) is 0 Å². The number of halogens is 2. The van der Waals surface area contributed by atoms with Crippen molar-refractivity contribution in [3.63, 3.8) is 0 Å². The smallest absolute Gasteiger partial charge is 0.258 e. The fourth-order valence-electron chi connectivity index (χ4n) is 3.96. The highest BCUT2D eigenvalue weighted by atomic mass is 19.2. The lowest BCUT2D eigenvalue weighted by Gasteiger charge is -2.32. The van der Waals surface area contributed by atoms with E-state index >= 15 is 0 Å². The Morgan fingerprint density at radius 1 is 1.03 bits per heavy atom. The molecule has 0 spiro atoms. The van der Waals surface area contributed by atoms with Crippen LogP contribution < -0.4 is 10.3 Å².